The van der Waals surface area contributed by atoms with Gasteiger partial charge >= 0.3 is 12.1 Å². The molecule has 11 heteroatoms. The monoisotopic (exact) mass is 408 g/mol. The number of hydrogen-bond acceptors (Lipinski definition) is 5. The Hall–Kier alpha value is -3.63. The molecule has 0 saturated carbocycles. The molecule has 152 valence electrons. The lowest BCUT2D eigenvalue weighted by Gasteiger charge is -2.11. The third kappa shape index (κ3) is 4.45. The number of nitrogens with one attached hydrogen (secondary N) is 1. The first kappa shape index (κ1) is 20.1. The van der Waals surface area contributed by atoms with Crippen molar-refractivity contribution in [1.29, 1.82) is 0 Å². The van der Waals surface area contributed by atoms with Gasteiger partial charge in [-0.1, -0.05) is 12.1 Å². The number of amides is 1. The van der Waals surface area contributed by atoms with E-state index in [2.05, 4.69) is 15.4 Å². The molecular weight excluding hydrogens is 393 g/mol. The quantitative estimate of drug-likeness (QED) is 0.575. The lowest BCUT2D eigenvalue weighted by Crippen LogP contribution is -2.30. The summed E-state index contributed by atoms with van der Waals surface area (Å²) in [4.78, 5) is 26.7. The highest BCUT2D eigenvalue weighted by Crippen LogP contribution is 2.29. The second-order valence-electron chi connectivity index (χ2n) is 6.16. The van der Waals surface area contributed by atoms with Gasteiger partial charge in [-0.3, -0.25) is 9.59 Å². The maximum atomic E-state index is 12.6. The first-order valence-corrected chi connectivity index (χ1v) is 8.37. The summed E-state index contributed by atoms with van der Waals surface area (Å²) in [5.74, 6) is -2.48. The highest BCUT2D eigenvalue weighted by atomic mass is 19.4. The average molecular weight is 408 g/mol. The number of carboxylic acids is 1. The second kappa shape index (κ2) is 7.78. The SMILES string of the molecule is O=C(O)CNC(=O)c1c(O)cc(CCc2ccc(C(F)(F)F)cc2)n2ncnc12. The van der Waals surface area contributed by atoms with Crippen molar-refractivity contribution >= 4 is 17.5 Å². The molecule has 29 heavy (non-hydrogen) atoms. The Morgan fingerprint density at radius 1 is 1.14 bits per heavy atom. The molecule has 0 aliphatic rings. The number of aromatic hydroxyl groups is 1. The third-order valence-electron chi connectivity index (χ3n) is 4.18. The van der Waals surface area contributed by atoms with E-state index in [0.29, 0.717) is 24.1 Å². The predicted molar refractivity (Wildman–Crippen MR) is 93.5 cm³/mol. The minimum atomic E-state index is -4.41. The van der Waals surface area contributed by atoms with Crippen LogP contribution in [0.15, 0.2) is 36.7 Å². The summed E-state index contributed by atoms with van der Waals surface area (Å²) in [5.41, 5.74) is 0.199. The van der Waals surface area contributed by atoms with Crippen LogP contribution in [-0.2, 0) is 23.8 Å². The van der Waals surface area contributed by atoms with Crippen LogP contribution >= 0.6 is 0 Å². The number of aliphatic carboxylic acids is 1. The maximum absolute atomic E-state index is 12.6. The summed E-state index contributed by atoms with van der Waals surface area (Å²) in [7, 11) is 0. The molecule has 2 aromatic heterocycles. The zero-order chi connectivity index (χ0) is 21.2. The fourth-order valence-corrected chi connectivity index (χ4v) is 2.80. The van der Waals surface area contributed by atoms with Crippen LogP contribution in [0.1, 0.15) is 27.2 Å². The summed E-state index contributed by atoms with van der Waals surface area (Å²) in [5, 5.41) is 25.1. The van der Waals surface area contributed by atoms with Crippen molar-refractivity contribution in [3.63, 3.8) is 0 Å². The van der Waals surface area contributed by atoms with E-state index in [4.69, 9.17) is 5.11 Å². The molecule has 0 bridgehead atoms. The number of nitrogens with zero attached hydrogens (tertiary/aromatic N) is 3. The van der Waals surface area contributed by atoms with E-state index in [1.807, 2.05) is 0 Å². The standard InChI is InChI=1S/C18H15F3N4O4/c19-18(20,21)11-4-1-10(2-5-11)3-6-12-7-13(26)15(16-23-9-24-25(12)16)17(29)22-8-14(27)28/h1-2,4-5,7,9,26H,3,6,8H2,(H,22,29)(H,27,28). The second-order valence-corrected chi connectivity index (χ2v) is 6.16. The third-order valence-corrected chi connectivity index (χ3v) is 4.18. The van der Waals surface area contributed by atoms with Crippen molar-refractivity contribution in [2.75, 3.05) is 6.54 Å². The van der Waals surface area contributed by atoms with Crippen molar-refractivity contribution in [2.24, 2.45) is 0 Å². The van der Waals surface area contributed by atoms with Gasteiger partial charge in [0, 0.05) is 11.8 Å². The Bertz CT molecular complexity index is 1060. The Labute approximate surface area is 161 Å². The number of aromatic nitrogens is 3. The number of pyridine rings is 1. The van der Waals surface area contributed by atoms with Gasteiger partial charge < -0.3 is 15.5 Å². The van der Waals surface area contributed by atoms with Gasteiger partial charge in [0.1, 0.15) is 24.2 Å². The van der Waals surface area contributed by atoms with Gasteiger partial charge in [-0.2, -0.15) is 18.3 Å². The van der Waals surface area contributed by atoms with E-state index >= 15 is 0 Å². The number of carbonyl (C=O) groups is 2. The molecule has 3 aromatic rings. The Balaban J connectivity index is 1.82. The van der Waals surface area contributed by atoms with E-state index in [1.165, 1.54) is 29.0 Å². The molecule has 0 radical (unpaired) electrons. The van der Waals surface area contributed by atoms with E-state index in [0.717, 1.165) is 12.1 Å². The first-order valence-electron chi connectivity index (χ1n) is 8.37. The number of halogens is 3. The van der Waals surface area contributed by atoms with Crippen LogP contribution in [0.2, 0.25) is 0 Å². The minimum Gasteiger partial charge on any atom is -0.507 e. The van der Waals surface area contributed by atoms with Crippen LogP contribution in [-0.4, -0.2) is 43.2 Å². The van der Waals surface area contributed by atoms with Gasteiger partial charge in [-0.25, -0.2) is 9.50 Å². The van der Waals surface area contributed by atoms with E-state index < -0.39 is 35.9 Å². The van der Waals surface area contributed by atoms with Crippen molar-refractivity contribution in [3.8, 4) is 5.75 Å². The van der Waals surface area contributed by atoms with Gasteiger partial charge in [0.2, 0.25) is 0 Å². The molecule has 0 aliphatic carbocycles. The van der Waals surface area contributed by atoms with Gasteiger partial charge in [0.15, 0.2) is 5.65 Å². The van der Waals surface area contributed by atoms with Crippen LogP contribution < -0.4 is 5.32 Å². The average Bonchev–Trinajstić information content (AvgIpc) is 3.13. The number of alkyl halides is 3. The number of benzene rings is 1. The highest BCUT2D eigenvalue weighted by molar-refractivity contribution is 6.03. The van der Waals surface area contributed by atoms with Gasteiger partial charge in [0.05, 0.1) is 5.56 Å². The van der Waals surface area contributed by atoms with Crippen LogP contribution in [0.5, 0.6) is 5.75 Å². The molecule has 3 rings (SSSR count). The minimum absolute atomic E-state index is 0.0373. The van der Waals surface area contributed by atoms with Crippen molar-refractivity contribution in [3.05, 3.63) is 59.0 Å². The number of carbonyl (C=O) groups excluding carboxylic acids is 1. The smallest absolute Gasteiger partial charge is 0.416 e. The molecule has 1 amide bonds. The zero-order valence-electron chi connectivity index (χ0n) is 14.8. The molecular formula is C18H15F3N4O4. The summed E-state index contributed by atoms with van der Waals surface area (Å²) >= 11 is 0. The molecule has 0 aliphatic heterocycles. The molecule has 2 heterocycles. The lowest BCUT2D eigenvalue weighted by atomic mass is 10.0. The highest BCUT2D eigenvalue weighted by Gasteiger charge is 2.30. The van der Waals surface area contributed by atoms with Crippen molar-refractivity contribution in [1.82, 2.24) is 19.9 Å². The molecule has 8 nitrogen and oxygen atoms in total. The maximum Gasteiger partial charge on any atom is 0.416 e. The summed E-state index contributed by atoms with van der Waals surface area (Å²) in [6, 6.07) is 6.02. The summed E-state index contributed by atoms with van der Waals surface area (Å²) < 4.78 is 39.3. The molecule has 0 fully saturated rings. The Morgan fingerprint density at radius 3 is 2.45 bits per heavy atom. The topological polar surface area (TPSA) is 117 Å². The molecule has 0 atom stereocenters. The molecule has 0 spiro atoms. The van der Waals surface area contributed by atoms with Crippen LogP contribution in [0.4, 0.5) is 13.2 Å². The molecule has 0 saturated heterocycles. The fourth-order valence-electron chi connectivity index (χ4n) is 2.80. The fraction of sp³-hybridized carbons (Fsp3) is 0.222. The number of carboxylic acid groups (broad SMARTS) is 1. The Morgan fingerprint density at radius 2 is 1.83 bits per heavy atom. The van der Waals surface area contributed by atoms with Crippen LogP contribution in [0.3, 0.4) is 0 Å². The lowest BCUT2D eigenvalue weighted by molar-refractivity contribution is -0.138. The van der Waals surface area contributed by atoms with Crippen molar-refractivity contribution < 1.29 is 33.0 Å². The number of fused-ring (bicyclic) bond motifs is 1. The van der Waals surface area contributed by atoms with E-state index in [1.54, 1.807) is 0 Å². The summed E-state index contributed by atoms with van der Waals surface area (Å²) in [6.45, 7) is -0.631. The van der Waals surface area contributed by atoms with Gasteiger partial charge in [-0.15, -0.1) is 0 Å². The molecule has 3 N–H and O–H groups in total. The van der Waals surface area contributed by atoms with Gasteiger partial charge in [0.25, 0.3) is 5.91 Å². The van der Waals surface area contributed by atoms with E-state index in [-0.39, 0.29) is 11.2 Å². The van der Waals surface area contributed by atoms with Crippen LogP contribution in [0.25, 0.3) is 5.65 Å². The van der Waals surface area contributed by atoms with Gasteiger partial charge in [-0.05, 0) is 30.5 Å². The molecule has 1 aromatic carbocycles. The summed E-state index contributed by atoms with van der Waals surface area (Å²) in [6.07, 6.45) is -2.58. The predicted octanol–water partition coefficient (Wildman–Crippen LogP) is 2.05. The normalized spacial score (nSPS) is 11.6. The number of hydrogen-bond donors (Lipinski definition) is 3. The largest absolute Gasteiger partial charge is 0.507 e. The Kier molecular flexibility index (Phi) is 5.39. The first-order chi connectivity index (χ1) is 13.7. The van der Waals surface area contributed by atoms with E-state index in [9.17, 15) is 27.9 Å². The number of rotatable bonds is 6. The zero-order valence-corrected chi connectivity index (χ0v) is 14.8. The van der Waals surface area contributed by atoms with Crippen molar-refractivity contribution in [2.45, 2.75) is 19.0 Å². The van der Waals surface area contributed by atoms with Crippen LogP contribution in [0, 0.1) is 0 Å². The molecule has 0 unspecified atom stereocenters. The number of aryl methyl sites for hydroxylation is 2.